The number of halogens is 2. The quantitative estimate of drug-likeness (QED) is 0.310. The molecule has 29 heavy (non-hydrogen) atoms. The summed E-state index contributed by atoms with van der Waals surface area (Å²) in [6.07, 6.45) is 2.77. The van der Waals surface area contributed by atoms with Crippen LogP contribution in [0.25, 0.3) is 0 Å². The summed E-state index contributed by atoms with van der Waals surface area (Å²) >= 11 is 6.28. The first-order valence-electron chi connectivity index (χ1n) is 9.67. The molecule has 1 aliphatic rings. The van der Waals surface area contributed by atoms with Crippen LogP contribution in [0.2, 0.25) is 5.02 Å². The average molecular weight is 530 g/mol. The molecule has 1 aromatic heterocycles. The van der Waals surface area contributed by atoms with Crippen molar-refractivity contribution in [3.8, 4) is 5.75 Å². The van der Waals surface area contributed by atoms with Gasteiger partial charge in [-0.2, -0.15) is 0 Å². The molecule has 1 fully saturated rings. The van der Waals surface area contributed by atoms with Gasteiger partial charge >= 0.3 is 0 Å². The molecule has 0 saturated carbocycles. The molecular formula is C21H29ClIN5O. The molecule has 1 aliphatic heterocycles. The lowest BCUT2D eigenvalue weighted by atomic mass is 10.1. The van der Waals surface area contributed by atoms with E-state index in [2.05, 4.69) is 27.4 Å². The normalized spacial score (nSPS) is 16.5. The number of guanidine groups is 1. The second kappa shape index (κ2) is 10.9. The highest BCUT2D eigenvalue weighted by atomic mass is 127. The maximum atomic E-state index is 9.94. The van der Waals surface area contributed by atoms with Crippen LogP contribution in [0.4, 0.5) is 5.82 Å². The number of nitrogens with zero attached hydrogens (tertiary/aromatic N) is 3. The van der Waals surface area contributed by atoms with Crippen LogP contribution in [0, 0.1) is 13.8 Å². The van der Waals surface area contributed by atoms with E-state index in [9.17, 15) is 5.11 Å². The highest BCUT2D eigenvalue weighted by molar-refractivity contribution is 14.0. The van der Waals surface area contributed by atoms with Gasteiger partial charge < -0.3 is 20.6 Å². The Kier molecular flexibility index (Phi) is 8.82. The minimum atomic E-state index is 0. The first-order valence-corrected chi connectivity index (χ1v) is 10.0. The first kappa shape index (κ1) is 23.5. The van der Waals surface area contributed by atoms with Gasteiger partial charge in [-0.1, -0.05) is 23.7 Å². The summed E-state index contributed by atoms with van der Waals surface area (Å²) in [6, 6.07) is 7.96. The van der Waals surface area contributed by atoms with E-state index in [0.29, 0.717) is 17.3 Å². The standard InChI is InChI=1S/C21H28ClN5O.HI/c1-4-23-21(25-12-16-10-14(2)19(28)15(3)11-16)26-17-7-9-27(13-17)20-18(22)6-5-8-24-20;/h5-6,8,10-11,17,28H,4,7,9,12-13H2,1-3H3,(H2,23,25,26);1H. The highest BCUT2D eigenvalue weighted by Gasteiger charge is 2.25. The van der Waals surface area contributed by atoms with Gasteiger partial charge in [-0.15, -0.1) is 24.0 Å². The summed E-state index contributed by atoms with van der Waals surface area (Å²) < 4.78 is 0. The van der Waals surface area contributed by atoms with Crippen LogP contribution in [0.15, 0.2) is 35.5 Å². The van der Waals surface area contributed by atoms with Crippen LogP contribution in [0.5, 0.6) is 5.75 Å². The molecule has 6 nitrogen and oxygen atoms in total. The lowest BCUT2D eigenvalue weighted by molar-refractivity contribution is 0.466. The number of nitrogens with one attached hydrogen (secondary N) is 2. The minimum absolute atomic E-state index is 0. The molecule has 2 aromatic rings. The van der Waals surface area contributed by atoms with Gasteiger partial charge in [0.05, 0.1) is 11.6 Å². The largest absolute Gasteiger partial charge is 0.507 e. The molecule has 3 N–H and O–H groups in total. The average Bonchev–Trinajstić information content (AvgIpc) is 3.13. The summed E-state index contributed by atoms with van der Waals surface area (Å²) in [7, 11) is 0. The summed E-state index contributed by atoms with van der Waals surface area (Å²) in [4.78, 5) is 11.3. The molecule has 2 heterocycles. The smallest absolute Gasteiger partial charge is 0.191 e. The van der Waals surface area contributed by atoms with Crippen LogP contribution < -0.4 is 15.5 Å². The number of aryl methyl sites for hydroxylation is 2. The van der Waals surface area contributed by atoms with Crippen LogP contribution in [-0.2, 0) is 6.54 Å². The van der Waals surface area contributed by atoms with Crippen LogP contribution in [-0.4, -0.2) is 41.7 Å². The molecule has 1 aromatic carbocycles. The van der Waals surface area contributed by atoms with Crippen molar-refractivity contribution in [1.29, 1.82) is 0 Å². The zero-order chi connectivity index (χ0) is 20.1. The second-order valence-electron chi connectivity index (χ2n) is 7.16. The van der Waals surface area contributed by atoms with E-state index < -0.39 is 0 Å². The summed E-state index contributed by atoms with van der Waals surface area (Å²) in [6.45, 7) is 8.97. The first-order chi connectivity index (χ1) is 13.5. The van der Waals surface area contributed by atoms with Gasteiger partial charge in [-0.05, 0) is 56.0 Å². The number of phenols is 1. The summed E-state index contributed by atoms with van der Waals surface area (Å²) in [5.41, 5.74) is 2.84. The Balaban J connectivity index is 0.00000300. The third-order valence-corrected chi connectivity index (χ3v) is 5.18. The van der Waals surface area contributed by atoms with E-state index in [1.807, 2.05) is 38.1 Å². The van der Waals surface area contributed by atoms with Gasteiger partial charge in [0.15, 0.2) is 5.96 Å². The van der Waals surface area contributed by atoms with Crippen molar-refractivity contribution >= 4 is 47.4 Å². The van der Waals surface area contributed by atoms with E-state index >= 15 is 0 Å². The number of benzene rings is 1. The minimum Gasteiger partial charge on any atom is -0.507 e. The number of hydrogen-bond donors (Lipinski definition) is 3. The van der Waals surface area contributed by atoms with Crippen molar-refractivity contribution in [2.45, 2.75) is 39.8 Å². The fourth-order valence-electron chi connectivity index (χ4n) is 3.50. The predicted molar refractivity (Wildman–Crippen MR) is 131 cm³/mol. The molecule has 0 aliphatic carbocycles. The van der Waals surface area contributed by atoms with E-state index in [1.54, 1.807) is 6.20 Å². The number of rotatable bonds is 5. The van der Waals surface area contributed by atoms with Gasteiger partial charge in [0.2, 0.25) is 0 Å². The third kappa shape index (κ3) is 6.12. The number of hydrogen-bond acceptors (Lipinski definition) is 4. The number of aromatic hydroxyl groups is 1. The molecule has 0 amide bonds. The number of aromatic nitrogens is 1. The molecular weight excluding hydrogens is 501 g/mol. The van der Waals surface area contributed by atoms with Crippen LogP contribution >= 0.6 is 35.6 Å². The second-order valence-corrected chi connectivity index (χ2v) is 7.57. The number of aliphatic imine (C=N–C) groups is 1. The maximum Gasteiger partial charge on any atom is 0.191 e. The molecule has 1 saturated heterocycles. The molecule has 1 unspecified atom stereocenters. The lowest BCUT2D eigenvalue weighted by Gasteiger charge is -2.20. The summed E-state index contributed by atoms with van der Waals surface area (Å²) in [5.74, 6) is 1.99. The van der Waals surface area contributed by atoms with Crippen molar-refractivity contribution < 1.29 is 5.11 Å². The SMILES string of the molecule is CCNC(=NCc1cc(C)c(O)c(C)c1)NC1CCN(c2ncccc2Cl)C1.I. The molecule has 0 bridgehead atoms. The van der Waals surface area contributed by atoms with Crippen LogP contribution in [0.1, 0.15) is 30.0 Å². The molecule has 3 rings (SSSR count). The third-order valence-electron chi connectivity index (χ3n) is 4.88. The molecule has 158 valence electrons. The molecule has 1 atom stereocenters. The number of phenolic OH excluding ortho intramolecular Hbond substituents is 1. The molecule has 0 spiro atoms. The Labute approximate surface area is 194 Å². The zero-order valence-corrected chi connectivity index (χ0v) is 20.2. The van der Waals surface area contributed by atoms with Crippen LogP contribution in [0.3, 0.4) is 0 Å². The van der Waals surface area contributed by atoms with Crippen molar-refractivity contribution in [2.24, 2.45) is 4.99 Å². The Morgan fingerprint density at radius 3 is 2.72 bits per heavy atom. The van der Waals surface area contributed by atoms with Crippen molar-refractivity contribution in [3.63, 3.8) is 0 Å². The predicted octanol–water partition coefficient (Wildman–Crippen LogP) is 4.01. The topological polar surface area (TPSA) is 72.8 Å². The highest BCUT2D eigenvalue weighted by Crippen LogP contribution is 2.26. The Morgan fingerprint density at radius 2 is 2.07 bits per heavy atom. The summed E-state index contributed by atoms with van der Waals surface area (Å²) in [5, 5.41) is 17.5. The fraction of sp³-hybridized carbons (Fsp3) is 0.429. The van der Waals surface area contributed by atoms with E-state index in [1.165, 1.54) is 0 Å². The monoisotopic (exact) mass is 529 g/mol. The number of anilines is 1. The Hall–Kier alpha value is -1.74. The van der Waals surface area contributed by atoms with Gasteiger partial charge in [-0.25, -0.2) is 9.98 Å². The van der Waals surface area contributed by atoms with E-state index in [-0.39, 0.29) is 30.0 Å². The zero-order valence-electron chi connectivity index (χ0n) is 17.1. The Morgan fingerprint density at radius 1 is 1.34 bits per heavy atom. The van der Waals surface area contributed by atoms with E-state index in [4.69, 9.17) is 16.6 Å². The molecule has 8 heteroatoms. The van der Waals surface area contributed by atoms with E-state index in [0.717, 1.165) is 54.5 Å². The van der Waals surface area contributed by atoms with Crippen molar-refractivity contribution in [3.05, 3.63) is 52.2 Å². The Bertz CT molecular complexity index is 838. The lowest BCUT2D eigenvalue weighted by Crippen LogP contribution is -2.44. The van der Waals surface area contributed by atoms with Gasteiger partial charge in [0, 0.05) is 31.9 Å². The maximum absolute atomic E-state index is 9.94. The van der Waals surface area contributed by atoms with Crippen molar-refractivity contribution in [2.75, 3.05) is 24.5 Å². The molecule has 0 radical (unpaired) electrons. The van der Waals surface area contributed by atoms with Gasteiger partial charge in [0.1, 0.15) is 11.6 Å². The van der Waals surface area contributed by atoms with Gasteiger partial charge in [0.25, 0.3) is 0 Å². The van der Waals surface area contributed by atoms with Gasteiger partial charge in [-0.3, -0.25) is 0 Å². The van der Waals surface area contributed by atoms with Crippen molar-refractivity contribution in [1.82, 2.24) is 15.6 Å². The number of pyridine rings is 1. The fourth-order valence-corrected chi connectivity index (χ4v) is 3.74.